The van der Waals surface area contributed by atoms with E-state index in [0.717, 1.165) is 36.9 Å². The van der Waals surface area contributed by atoms with E-state index in [0.29, 0.717) is 12.0 Å². The summed E-state index contributed by atoms with van der Waals surface area (Å²) in [5.41, 5.74) is 2.63. The summed E-state index contributed by atoms with van der Waals surface area (Å²) in [6.07, 6.45) is 1.84. The van der Waals surface area contributed by atoms with Crippen molar-refractivity contribution in [1.82, 2.24) is 5.32 Å². The van der Waals surface area contributed by atoms with Crippen LogP contribution in [0, 0.1) is 5.92 Å². The summed E-state index contributed by atoms with van der Waals surface area (Å²) in [6, 6.07) is 6.87. The first-order chi connectivity index (χ1) is 10.0. The molecule has 0 aliphatic carbocycles. The normalized spacial score (nSPS) is 24.1. The van der Waals surface area contributed by atoms with Crippen LogP contribution in [0.15, 0.2) is 22.7 Å². The second-order valence-corrected chi connectivity index (χ2v) is 7.07. The molecule has 3 atom stereocenters. The molecular weight excluding hydrogens is 328 g/mol. The second-order valence-electron chi connectivity index (χ2n) is 6.16. The van der Waals surface area contributed by atoms with Crippen LogP contribution in [0.3, 0.4) is 0 Å². The second kappa shape index (κ2) is 7.61. The zero-order chi connectivity index (χ0) is 15.4. The van der Waals surface area contributed by atoms with E-state index in [1.165, 1.54) is 11.3 Å². The van der Waals surface area contributed by atoms with Gasteiger partial charge in [0, 0.05) is 29.3 Å². The fourth-order valence-electron chi connectivity index (χ4n) is 2.98. The lowest BCUT2D eigenvalue weighted by Gasteiger charge is -2.37. The molecule has 1 heterocycles. The van der Waals surface area contributed by atoms with Gasteiger partial charge in [-0.25, -0.2) is 0 Å². The quantitative estimate of drug-likeness (QED) is 0.845. The Bertz CT molecular complexity index is 466. The monoisotopic (exact) mass is 354 g/mol. The van der Waals surface area contributed by atoms with Crippen molar-refractivity contribution in [2.75, 3.05) is 24.5 Å². The molecule has 0 aromatic heterocycles. The van der Waals surface area contributed by atoms with Crippen LogP contribution in [-0.4, -0.2) is 30.8 Å². The summed E-state index contributed by atoms with van der Waals surface area (Å²) < 4.78 is 1.12. The number of nitrogens with zero attached hydrogens (tertiary/aromatic N) is 1. The fourth-order valence-corrected chi connectivity index (χ4v) is 3.36. The van der Waals surface area contributed by atoms with Gasteiger partial charge in [0.05, 0.1) is 6.10 Å². The summed E-state index contributed by atoms with van der Waals surface area (Å²) in [5.74, 6) is 0.328. The Morgan fingerprint density at radius 1 is 1.48 bits per heavy atom. The fraction of sp³-hybridized carbons (Fsp3) is 0.647. The van der Waals surface area contributed by atoms with Gasteiger partial charge in [0.2, 0.25) is 0 Å². The molecule has 3 nitrogen and oxygen atoms in total. The van der Waals surface area contributed by atoms with Gasteiger partial charge < -0.3 is 15.3 Å². The molecular formula is C17H27BrN2O. The first-order valence-corrected chi connectivity index (χ1v) is 8.78. The molecule has 1 aromatic carbocycles. The first-order valence-electron chi connectivity index (χ1n) is 7.98. The number of nitrogens with one attached hydrogen (secondary N) is 1. The molecule has 1 aromatic rings. The number of piperidine rings is 1. The number of anilines is 1. The van der Waals surface area contributed by atoms with Crippen molar-refractivity contribution in [2.24, 2.45) is 5.92 Å². The van der Waals surface area contributed by atoms with Gasteiger partial charge in [-0.15, -0.1) is 0 Å². The van der Waals surface area contributed by atoms with Crippen molar-refractivity contribution in [1.29, 1.82) is 0 Å². The van der Waals surface area contributed by atoms with Crippen LogP contribution in [0.2, 0.25) is 0 Å². The predicted molar refractivity (Wildman–Crippen MR) is 92.9 cm³/mol. The molecule has 2 rings (SSSR count). The van der Waals surface area contributed by atoms with Gasteiger partial charge in [-0.2, -0.15) is 0 Å². The maximum absolute atomic E-state index is 9.93. The molecule has 4 heteroatoms. The summed E-state index contributed by atoms with van der Waals surface area (Å²) >= 11 is 3.59. The SMILES string of the molecule is CCCNC(C)c1cc(Br)ccc1N1CCC(O)C(C)C1. The molecule has 118 valence electrons. The molecule has 0 saturated carbocycles. The highest BCUT2D eigenvalue weighted by molar-refractivity contribution is 9.10. The minimum Gasteiger partial charge on any atom is -0.393 e. The molecule has 0 bridgehead atoms. The molecule has 0 radical (unpaired) electrons. The van der Waals surface area contributed by atoms with Gasteiger partial charge in [-0.1, -0.05) is 29.8 Å². The Labute approximate surface area is 136 Å². The topological polar surface area (TPSA) is 35.5 Å². The third-order valence-electron chi connectivity index (χ3n) is 4.36. The van der Waals surface area contributed by atoms with Crippen LogP contribution in [-0.2, 0) is 0 Å². The molecule has 1 fully saturated rings. The van der Waals surface area contributed by atoms with Crippen LogP contribution in [0.5, 0.6) is 0 Å². The minimum atomic E-state index is -0.157. The number of aliphatic hydroxyl groups excluding tert-OH is 1. The highest BCUT2D eigenvalue weighted by Gasteiger charge is 2.26. The number of aliphatic hydroxyl groups is 1. The lowest BCUT2D eigenvalue weighted by molar-refractivity contribution is 0.0970. The highest BCUT2D eigenvalue weighted by atomic mass is 79.9. The Hall–Kier alpha value is -0.580. The van der Waals surface area contributed by atoms with Gasteiger partial charge in [-0.05, 0) is 56.0 Å². The number of benzene rings is 1. The lowest BCUT2D eigenvalue weighted by Crippen LogP contribution is -2.42. The van der Waals surface area contributed by atoms with Crippen molar-refractivity contribution >= 4 is 21.6 Å². The first kappa shape index (κ1) is 16.8. The predicted octanol–water partition coefficient (Wildman–Crippen LogP) is 3.72. The van der Waals surface area contributed by atoms with E-state index in [1.807, 2.05) is 0 Å². The maximum Gasteiger partial charge on any atom is 0.0599 e. The third kappa shape index (κ3) is 4.21. The van der Waals surface area contributed by atoms with Crippen LogP contribution >= 0.6 is 15.9 Å². The van der Waals surface area contributed by atoms with Crippen LogP contribution in [0.4, 0.5) is 5.69 Å². The molecule has 21 heavy (non-hydrogen) atoms. The van der Waals surface area contributed by atoms with Crippen LogP contribution < -0.4 is 10.2 Å². The molecule has 1 aliphatic heterocycles. The molecule has 1 aliphatic rings. The van der Waals surface area contributed by atoms with Crippen LogP contribution in [0.1, 0.15) is 45.2 Å². The van der Waals surface area contributed by atoms with Gasteiger partial charge in [-0.3, -0.25) is 0 Å². The van der Waals surface area contributed by atoms with Gasteiger partial charge in [0.1, 0.15) is 0 Å². The molecule has 0 amide bonds. The Kier molecular flexibility index (Phi) is 6.08. The third-order valence-corrected chi connectivity index (χ3v) is 4.85. The Morgan fingerprint density at radius 3 is 2.90 bits per heavy atom. The number of rotatable bonds is 5. The van der Waals surface area contributed by atoms with E-state index in [9.17, 15) is 5.11 Å². The average Bonchev–Trinajstić information content (AvgIpc) is 2.47. The Morgan fingerprint density at radius 2 is 2.24 bits per heavy atom. The van der Waals surface area contributed by atoms with E-state index < -0.39 is 0 Å². The van der Waals surface area contributed by atoms with Crippen molar-refractivity contribution < 1.29 is 5.11 Å². The van der Waals surface area contributed by atoms with E-state index in [2.05, 4.69) is 65.1 Å². The van der Waals surface area contributed by atoms with Crippen molar-refractivity contribution in [3.8, 4) is 0 Å². The summed E-state index contributed by atoms with van der Waals surface area (Å²) in [4.78, 5) is 2.42. The molecule has 1 saturated heterocycles. The average molecular weight is 355 g/mol. The highest BCUT2D eigenvalue weighted by Crippen LogP contribution is 2.32. The Balaban J connectivity index is 2.22. The summed E-state index contributed by atoms with van der Waals surface area (Å²) in [5, 5.41) is 13.5. The van der Waals surface area contributed by atoms with E-state index in [4.69, 9.17) is 0 Å². The number of halogens is 1. The zero-order valence-electron chi connectivity index (χ0n) is 13.3. The van der Waals surface area contributed by atoms with E-state index >= 15 is 0 Å². The smallest absolute Gasteiger partial charge is 0.0599 e. The summed E-state index contributed by atoms with van der Waals surface area (Å²) in [6.45, 7) is 9.44. The molecule has 2 N–H and O–H groups in total. The standard InChI is InChI=1S/C17H27BrN2O/c1-4-8-19-13(3)15-10-14(18)5-6-16(15)20-9-7-17(21)12(2)11-20/h5-6,10,12-13,17,19,21H,4,7-9,11H2,1-3H3. The molecule has 0 spiro atoms. The van der Waals surface area contributed by atoms with E-state index in [-0.39, 0.29) is 6.10 Å². The largest absolute Gasteiger partial charge is 0.393 e. The van der Waals surface area contributed by atoms with Gasteiger partial charge >= 0.3 is 0 Å². The van der Waals surface area contributed by atoms with Crippen molar-refractivity contribution in [3.63, 3.8) is 0 Å². The van der Waals surface area contributed by atoms with Crippen LogP contribution in [0.25, 0.3) is 0 Å². The maximum atomic E-state index is 9.93. The zero-order valence-corrected chi connectivity index (χ0v) is 14.9. The van der Waals surface area contributed by atoms with E-state index in [1.54, 1.807) is 0 Å². The van der Waals surface area contributed by atoms with Crippen molar-refractivity contribution in [2.45, 2.75) is 45.8 Å². The minimum absolute atomic E-state index is 0.157. The number of hydrogen-bond acceptors (Lipinski definition) is 3. The summed E-state index contributed by atoms with van der Waals surface area (Å²) in [7, 11) is 0. The number of hydrogen-bond donors (Lipinski definition) is 2. The van der Waals surface area contributed by atoms with Gasteiger partial charge in [0.25, 0.3) is 0 Å². The lowest BCUT2D eigenvalue weighted by atomic mass is 9.95. The van der Waals surface area contributed by atoms with Gasteiger partial charge in [0.15, 0.2) is 0 Å². The molecule has 3 unspecified atom stereocenters. The van der Waals surface area contributed by atoms with Crippen molar-refractivity contribution in [3.05, 3.63) is 28.2 Å².